The van der Waals surface area contributed by atoms with Crippen LogP contribution in [0.2, 0.25) is 0 Å². The largest absolute Gasteiger partial charge is 0.351 e. The second kappa shape index (κ2) is 7.29. The van der Waals surface area contributed by atoms with Gasteiger partial charge in [-0.3, -0.25) is 18.8 Å². The van der Waals surface area contributed by atoms with Crippen molar-refractivity contribution in [3.8, 4) is 0 Å². The van der Waals surface area contributed by atoms with Crippen molar-refractivity contribution in [2.24, 2.45) is 14.1 Å². The molecule has 0 spiro atoms. The highest BCUT2D eigenvalue weighted by Crippen LogP contribution is 2.14. The highest BCUT2D eigenvalue weighted by atomic mass is 16.2. The Kier molecular flexibility index (Phi) is 5.38. The average molecular weight is 333 g/mol. The first kappa shape index (κ1) is 17.7. The third kappa shape index (κ3) is 3.81. The quantitative estimate of drug-likeness (QED) is 0.766. The number of carbonyl (C=O) groups is 1. The van der Waals surface area contributed by atoms with Crippen LogP contribution in [0.3, 0.4) is 0 Å². The monoisotopic (exact) mass is 333 g/mol. The average Bonchev–Trinajstić information content (AvgIpc) is 2.92. The molecule has 1 N–H and O–H groups in total. The molecule has 2 aromatic rings. The maximum atomic E-state index is 12.1. The summed E-state index contributed by atoms with van der Waals surface area (Å²) in [5.74, 6) is 0.0241. The van der Waals surface area contributed by atoms with Crippen molar-refractivity contribution in [3.05, 3.63) is 50.6 Å². The third-order valence-corrected chi connectivity index (χ3v) is 3.82. The Balaban J connectivity index is 1.92. The van der Waals surface area contributed by atoms with E-state index in [9.17, 15) is 14.4 Å². The van der Waals surface area contributed by atoms with Crippen molar-refractivity contribution in [2.45, 2.75) is 32.7 Å². The second-order valence-electron chi connectivity index (χ2n) is 6.04. The lowest BCUT2D eigenvalue weighted by Crippen LogP contribution is -2.38. The number of amides is 1. The van der Waals surface area contributed by atoms with Gasteiger partial charge in [-0.2, -0.15) is 5.10 Å². The molecule has 1 amide bonds. The minimum absolute atomic E-state index is 0.256. The molecule has 0 atom stereocenters. The number of nitrogens with one attached hydrogen (secondary N) is 1. The first-order valence-electron chi connectivity index (χ1n) is 7.90. The first-order valence-corrected chi connectivity index (χ1v) is 7.90. The maximum Gasteiger partial charge on any atom is 0.330 e. The topological polar surface area (TPSA) is 90.9 Å². The summed E-state index contributed by atoms with van der Waals surface area (Å²) in [6, 6.07) is 3.12. The Hall–Kier alpha value is -2.64. The standard InChI is InChI=1S/C16H23N5O3/c1-11(2)13-10-12(18-20(13)4)15(23)17-7-5-8-21-14(22)6-9-19(3)16(21)24/h6,9-11H,5,7-8H2,1-4H3,(H,17,23). The lowest BCUT2D eigenvalue weighted by atomic mass is 10.1. The normalized spacial score (nSPS) is 11.0. The van der Waals surface area contributed by atoms with E-state index in [0.29, 0.717) is 18.7 Å². The van der Waals surface area contributed by atoms with Gasteiger partial charge in [-0.25, -0.2) is 4.79 Å². The smallest absolute Gasteiger partial charge is 0.330 e. The maximum absolute atomic E-state index is 12.1. The molecule has 8 nitrogen and oxygen atoms in total. The van der Waals surface area contributed by atoms with Crippen LogP contribution >= 0.6 is 0 Å². The Bertz CT molecular complexity index is 844. The number of hydrogen-bond donors (Lipinski definition) is 1. The number of rotatable bonds is 6. The van der Waals surface area contributed by atoms with E-state index < -0.39 is 0 Å². The van der Waals surface area contributed by atoms with Gasteiger partial charge in [0.1, 0.15) is 5.69 Å². The Labute approximate surface area is 139 Å². The molecule has 0 saturated carbocycles. The molecule has 0 aliphatic carbocycles. The predicted octanol–water partition coefficient (Wildman–Crippen LogP) is 0.224. The third-order valence-electron chi connectivity index (χ3n) is 3.82. The van der Waals surface area contributed by atoms with Gasteiger partial charge in [0.2, 0.25) is 0 Å². The minimum atomic E-state index is -0.361. The summed E-state index contributed by atoms with van der Waals surface area (Å²) >= 11 is 0. The van der Waals surface area contributed by atoms with Gasteiger partial charge in [0.15, 0.2) is 0 Å². The number of aryl methyl sites for hydroxylation is 2. The van der Waals surface area contributed by atoms with Crippen molar-refractivity contribution in [3.63, 3.8) is 0 Å². The summed E-state index contributed by atoms with van der Waals surface area (Å²) in [4.78, 5) is 35.7. The molecule has 0 saturated heterocycles. The van der Waals surface area contributed by atoms with E-state index in [1.165, 1.54) is 16.8 Å². The van der Waals surface area contributed by atoms with Gasteiger partial charge in [-0.15, -0.1) is 0 Å². The molecule has 2 rings (SSSR count). The lowest BCUT2D eigenvalue weighted by molar-refractivity contribution is 0.0947. The van der Waals surface area contributed by atoms with Gasteiger partial charge in [0.25, 0.3) is 11.5 Å². The van der Waals surface area contributed by atoms with Crippen LogP contribution in [-0.2, 0) is 20.6 Å². The van der Waals surface area contributed by atoms with Crippen LogP contribution in [0.1, 0.15) is 42.4 Å². The van der Waals surface area contributed by atoms with E-state index in [-0.39, 0.29) is 29.6 Å². The Morgan fingerprint density at radius 2 is 2.00 bits per heavy atom. The van der Waals surface area contributed by atoms with Crippen LogP contribution in [-0.4, -0.2) is 31.4 Å². The van der Waals surface area contributed by atoms with Crippen LogP contribution in [0.25, 0.3) is 0 Å². The summed E-state index contributed by atoms with van der Waals surface area (Å²) in [6.07, 6.45) is 1.92. The molecule has 0 aliphatic heterocycles. The van der Waals surface area contributed by atoms with E-state index in [4.69, 9.17) is 0 Å². The van der Waals surface area contributed by atoms with E-state index in [2.05, 4.69) is 10.4 Å². The molecular formula is C16H23N5O3. The Morgan fingerprint density at radius 3 is 2.62 bits per heavy atom. The summed E-state index contributed by atoms with van der Waals surface area (Å²) in [5, 5.41) is 6.97. The van der Waals surface area contributed by atoms with E-state index in [1.54, 1.807) is 17.8 Å². The van der Waals surface area contributed by atoms with Gasteiger partial charge in [-0.1, -0.05) is 13.8 Å². The summed E-state index contributed by atoms with van der Waals surface area (Å²) in [7, 11) is 3.40. The molecule has 0 fully saturated rings. The van der Waals surface area contributed by atoms with Crippen LogP contribution in [0, 0.1) is 0 Å². The fraction of sp³-hybridized carbons (Fsp3) is 0.500. The van der Waals surface area contributed by atoms with Crippen molar-refractivity contribution < 1.29 is 4.79 Å². The van der Waals surface area contributed by atoms with Crippen molar-refractivity contribution >= 4 is 5.91 Å². The fourth-order valence-electron chi connectivity index (χ4n) is 2.48. The molecule has 130 valence electrons. The summed E-state index contributed by atoms with van der Waals surface area (Å²) in [6.45, 7) is 4.69. The van der Waals surface area contributed by atoms with Gasteiger partial charge in [-0.05, 0) is 18.4 Å². The zero-order valence-corrected chi connectivity index (χ0v) is 14.4. The van der Waals surface area contributed by atoms with Gasteiger partial charge < -0.3 is 9.88 Å². The van der Waals surface area contributed by atoms with Crippen molar-refractivity contribution in [1.82, 2.24) is 24.2 Å². The molecule has 2 aromatic heterocycles. The predicted molar refractivity (Wildman–Crippen MR) is 90.2 cm³/mol. The lowest BCUT2D eigenvalue weighted by Gasteiger charge is -2.07. The van der Waals surface area contributed by atoms with Crippen LogP contribution in [0.4, 0.5) is 0 Å². The molecule has 2 heterocycles. The van der Waals surface area contributed by atoms with Crippen molar-refractivity contribution in [2.75, 3.05) is 6.54 Å². The van der Waals surface area contributed by atoms with E-state index in [1.807, 2.05) is 20.9 Å². The van der Waals surface area contributed by atoms with Crippen LogP contribution in [0.15, 0.2) is 27.9 Å². The van der Waals surface area contributed by atoms with E-state index >= 15 is 0 Å². The molecule has 0 unspecified atom stereocenters. The molecule has 0 radical (unpaired) electrons. The highest BCUT2D eigenvalue weighted by Gasteiger charge is 2.14. The van der Waals surface area contributed by atoms with Crippen molar-refractivity contribution in [1.29, 1.82) is 0 Å². The summed E-state index contributed by atoms with van der Waals surface area (Å²) in [5.41, 5.74) is 0.657. The molecule has 0 aliphatic rings. The number of hydrogen-bond acceptors (Lipinski definition) is 4. The zero-order valence-electron chi connectivity index (χ0n) is 14.4. The Morgan fingerprint density at radius 1 is 1.29 bits per heavy atom. The minimum Gasteiger partial charge on any atom is -0.351 e. The molecule has 24 heavy (non-hydrogen) atoms. The van der Waals surface area contributed by atoms with E-state index in [0.717, 1.165) is 10.3 Å². The number of carbonyl (C=O) groups excluding carboxylic acids is 1. The number of nitrogens with zero attached hydrogens (tertiary/aromatic N) is 4. The summed E-state index contributed by atoms with van der Waals surface area (Å²) < 4.78 is 4.21. The van der Waals surface area contributed by atoms with Gasteiger partial charge in [0, 0.05) is 45.1 Å². The van der Waals surface area contributed by atoms with Crippen LogP contribution in [0.5, 0.6) is 0 Å². The SMILES string of the molecule is CC(C)c1cc(C(=O)NCCCn2c(=O)ccn(C)c2=O)nn1C. The highest BCUT2D eigenvalue weighted by molar-refractivity contribution is 5.92. The molecule has 0 bridgehead atoms. The molecular weight excluding hydrogens is 310 g/mol. The molecule has 0 aromatic carbocycles. The van der Waals surface area contributed by atoms with Gasteiger partial charge in [0.05, 0.1) is 0 Å². The van der Waals surface area contributed by atoms with Crippen LogP contribution < -0.4 is 16.6 Å². The fourth-order valence-corrected chi connectivity index (χ4v) is 2.48. The second-order valence-corrected chi connectivity index (χ2v) is 6.04. The zero-order chi connectivity index (χ0) is 17.9. The number of aromatic nitrogens is 4. The molecule has 8 heteroatoms. The van der Waals surface area contributed by atoms with Gasteiger partial charge >= 0.3 is 5.69 Å². The first-order chi connectivity index (χ1) is 11.3.